The Bertz CT molecular complexity index is 305. The van der Waals surface area contributed by atoms with Crippen LogP contribution in [0.15, 0.2) is 0 Å². The zero-order valence-corrected chi connectivity index (χ0v) is 11.0. The van der Waals surface area contributed by atoms with Gasteiger partial charge in [0.25, 0.3) is 0 Å². The molecule has 0 amide bonds. The highest BCUT2D eigenvalue weighted by molar-refractivity contribution is 7.89. The second-order valence-electron chi connectivity index (χ2n) is 4.80. The van der Waals surface area contributed by atoms with Gasteiger partial charge in [-0.3, -0.25) is 0 Å². The van der Waals surface area contributed by atoms with Gasteiger partial charge in [-0.1, -0.05) is 13.3 Å². The summed E-state index contributed by atoms with van der Waals surface area (Å²) in [5, 5.41) is 10.2. The zero-order valence-electron chi connectivity index (χ0n) is 10.2. The number of hydrogen-bond donors (Lipinski definition) is 2. The van der Waals surface area contributed by atoms with Gasteiger partial charge in [0.05, 0.1) is 11.4 Å². The van der Waals surface area contributed by atoms with Crippen molar-refractivity contribution in [2.24, 2.45) is 5.92 Å². The van der Waals surface area contributed by atoms with Gasteiger partial charge in [0.2, 0.25) is 10.0 Å². The summed E-state index contributed by atoms with van der Waals surface area (Å²) in [5.41, 5.74) is -0.825. The van der Waals surface area contributed by atoms with E-state index in [-0.39, 0.29) is 12.3 Å². The van der Waals surface area contributed by atoms with Crippen LogP contribution in [-0.4, -0.2) is 31.4 Å². The number of sulfonamides is 1. The quantitative estimate of drug-likeness (QED) is 0.771. The molecule has 0 aromatic rings. The third kappa shape index (κ3) is 4.03. The van der Waals surface area contributed by atoms with Crippen molar-refractivity contribution in [3.05, 3.63) is 0 Å². The van der Waals surface area contributed by atoms with Gasteiger partial charge in [-0.25, -0.2) is 13.1 Å². The van der Waals surface area contributed by atoms with Crippen LogP contribution < -0.4 is 4.72 Å². The normalized spacial score (nSPS) is 31.6. The Balaban J connectivity index is 2.43. The standard InChI is InChI=1S/C11H23NO3S/c1-3-10-5-7-11(13,8-6-10)9-12-16(14,15)4-2/h10,12-13H,3-9H2,1-2H3. The molecular formula is C11H23NO3S. The lowest BCUT2D eigenvalue weighted by Crippen LogP contribution is -2.45. The van der Waals surface area contributed by atoms with Crippen LogP contribution in [0.3, 0.4) is 0 Å². The molecule has 0 aliphatic heterocycles. The Morgan fingerprint density at radius 3 is 2.31 bits per heavy atom. The van der Waals surface area contributed by atoms with Crippen LogP contribution in [0.4, 0.5) is 0 Å². The Kier molecular flexibility index (Phi) is 4.76. The van der Waals surface area contributed by atoms with E-state index in [1.807, 2.05) is 0 Å². The van der Waals surface area contributed by atoms with Crippen LogP contribution in [0.25, 0.3) is 0 Å². The van der Waals surface area contributed by atoms with Crippen LogP contribution in [0, 0.1) is 5.92 Å². The first-order chi connectivity index (χ1) is 7.41. The highest BCUT2D eigenvalue weighted by Gasteiger charge is 2.33. The van der Waals surface area contributed by atoms with Gasteiger partial charge < -0.3 is 5.11 Å². The molecule has 0 aromatic heterocycles. The van der Waals surface area contributed by atoms with E-state index < -0.39 is 15.6 Å². The van der Waals surface area contributed by atoms with Crippen molar-refractivity contribution >= 4 is 10.0 Å². The van der Waals surface area contributed by atoms with Gasteiger partial charge in [-0.15, -0.1) is 0 Å². The fraction of sp³-hybridized carbons (Fsp3) is 1.00. The van der Waals surface area contributed by atoms with E-state index in [1.165, 1.54) is 0 Å². The minimum absolute atomic E-state index is 0.0701. The third-order valence-electron chi connectivity index (χ3n) is 3.61. The molecule has 5 heteroatoms. The molecule has 1 fully saturated rings. The Labute approximate surface area is 98.5 Å². The maximum absolute atomic E-state index is 11.3. The summed E-state index contributed by atoms with van der Waals surface area (Å²) in [6, 6.07) is 0. The number of rotatable bonds is 5. The van der Waals surface area contributed by atoms with Crippen molar-refractivity contribution in [3.63, 3.8) is 0 Å². The molecule has 0 aromatic carbocycles. The average molecular weight is 249 g/mol. The van der Waals surface area contributed by atoms with Crippen molar-refractivity contribution in [1.29, 1.82) is 0 Å². The van der Waals surface area contributed by atoms with E-state index in [0.717, 1.165) is 19.3 Å². The molecule has 96 valence electrons. The summed E-state index contributed by atoms with van der Waals surface area (Å²) >= 11 is 0. The Hall–Kier alpha value is -0.130. The zero-order chi connectivity index (χ0) is 12.2. The van der Waals surface area contributed by atoms with E-state index in [4.69, 9.17) is 0 Å². The van der Waals surface area contributed by atoms with Crippen LogP contribution >= 0.6 is 0 Å². The Morgan fingerprint density at radius 2 is 1.88 bits per heavy atom. The predicted octanol–water partition coefficient (Wildman–Crippen LogP) is 1.26. The van der Waals surface area contributed by atoms with Gasteiger partial charge in [0.15, 0.2) is 0 Å². The van der Waals surface area contributed by atoms with Gasteiger partial charge >= 0.3 is 0 Å². The lowest BCUT2D eigenvalue weighted by atomic mass is 9.78. The molecule has 1 aliphatic rings. The van der Waals surface area contributed by atoms with Crippen molar-refractivity contribution in [2.45, 2.75) is 51.6 Å². The lowest BCUT2D eigenvalue weighted by Gasteiger charge is -2.35. The predicted molar refractivity (Wildman–Crippen MR) is 64.7 cm³/mol. The first-order valence-electron chi connectivity index (χ1n) is 6.10. The van der Waals surface area contributed by atoms with Crippen molar-refractivity contribution in [3.8, 4) is 0 Å². The molecule has 1 aliphatic carbocycles. The second kappa shape index (κ2) is 5.47. The lowest BCUT2D eigenvalue weighted by molar-refractivity contribution is -0.00441. The number of aliphatic hydroxyl groups is 1. The van der Waals surface area contributed by atoms with Gasteiger partial charge in [0, 0.05) is 6.54 Å². The van der Waals surface area contributed by atoms with E-state index >= 15 is 0 Å². The third-order valence-corrected chi connectivity index (χ3v) is 4.96. The summed E-state index contributed by atoms with van der Waals surface area (Å²) in [7, 11) is -3.19. The number of nitrogens with one attached hydrogen (secondary N) is 1. The minimum atomic E-state index is -3.19. The first kappa shape index (κ1) is 13.9. The monoisotopic (exact) mass is 249 g/mol. The molecule has 0 spiro atoms. The van der Waals surface area contributed by atoms with Crippen LogP contribution in [-0.2, 0) is 10.0 Å². The fourth-order valence-corrected chi connectivity index (χ4v) is 2.84. The van der Waals surface area contributed by atoms with Crippen LogP contribution in [0.1, 0.15) is 46.0 Å². The SMILES string of the molecule is CCC1CCC(O)(CNS(=O)(=O)CC)CC1. The van der Waals surface area contributed by atoms with E-state index in [9.17, 15) is 13.5 Å². The molecule has 0 heterocycles. The van der Waals surface area contributed by atoms with Crippen molar-refractivity contribution < 1.29 is 13.5 Å². The Morgan fingerprint density at radius 1 is 1.31 bits per heavy atom. The molecule has 16 heavy (non-hydrogen) atoms. The molecule has 0 bridgehead atoms. The topological polar surface area (TPSA) is 66.4 Å². The van der Waals surface area contributed by atoms with Crippen LogP contribution in [0.5, 0.6) is 0 Å². The van der Waals surface area contributed by atoms with Gasteiger partial charge in [-0.05, 0) is 38.5 Å². The minimum Gasteiger partial charge on any atom is -0.389 e. The smallest absolute Gasteiger partial charge is 0.211 e. The molecule has 0 saturated heterocycles. The maximum Gasteiger partial charge on any atom is 0.211 e. The molecular weight excluding hydrogens is 226 g/mol. The molecule has 0 unspecified atom stereocenters. The fourth-order valence-electron chi connectivity index (χ4n) is 2.15. The molecule has 4 nitrogen and oxygen atoms in total. The highest BCUT2D eigenvalue weighted by Crippen LogP contribution is 2.33. The molecule has 2 N–H and O–H groups in total. The summed E-state index contributed by atoms with van der Waals surface area (Å²) in [6.07, 6.45) is 4.56. The second-order valence-corrected chi connectivity index (χ2v) is 6.90. The van der Waals surface area contributed by atoms with E-state index in [0.29, 0.717) is 18.8 Å². The van der Waals surface area contributed by atoms with E-state index in [1.54, 1.807) is 6.92 Å². The largest absolute Gasteiger partial charge is 0.389 e. The molecule has 0 radical (unpaired) electrons. The van der Waals surface area contributed by atoms with Crippen molar-refractivity contribution in [1.82, 2.24) is 4.72 Å². The van der Waals surface area contributed by atoms with Gasteiger partial charge in [0.1, 0.15) is 0 Å². The summed E-state index contributed by atoms with van der Waals surface area (Å²) in [5.74, 6) is 0.767. The van der Waals surface area contributed by atoms with Gasteiger partial charge in [-0.2, -0.15) is 0 Å². The van der Waals surface area contributed by atoms with E-state index in [2.05, 4.69) is 11.6 Å². The summed E-state index contributed by atoms with van der Waals surface area (Å²) in [4.78, 5) is 0. The number of hydrogen-bond acceptors (Lipinski definition) is 3. The van der Waals surface area contributed by atoms with Crippen molar-refractivity contribution in [2.75, 3.05) is 12.3 Å². The summed E-state index contributed by atoms with van der Waals surface area (Å²) < 4.78 is 25.0. The summed E-state index contributed by atoms with van der Waals surface area (Å²) in [6.45, 7) is 3.93. The molecule has 0 atom stereocenters. The first-order valence-corrected chi connectivity index (χ1v) is 7.76. The molecule has 1 saturated carbocycles. The maximum atomic E-state index is 11.3. The average Bonchev–Trinajstić information content (AvgIpc) is 2.28. The molecule has 1 rings (SSSR count). The van der Waals surface area contributed by atoms with Crippen LogP contribution in [0.2, 0.25) is 0 Å². The highest BCUT2D eigenvalue weighted by atomic mass is 32.2.